The van der Waals surface area contributed by atoms with Gasteiger partial charge < -0.3 is 24.4 Å². The van der Waals surface area contributed by atoms with Crippen LogP contribution in [0.2, 0.25) is 0 Å². The second-order valence-corrected chi connectivity index (χ2v) is 7.63. The second-order valence-electron chi connectivity index (χ2n) is 7.63. The molecule has 33 heavy (non-hydrogen) atoms. The Labute approximate surface area is 195 Å². The molecule has 3 aromatic carbocycles. The van der Waals surface area contributed by atoms with Gasteiger partial charge in [0.25, 0.3) is 0 Å². The molecule has 1 amide bonds. The lowest BCUT2D eigenvalue weighted by atomic mass is 10.1. The molecule has 3 aromatic rings. The van der Waals surface area contributed by atoms with E-state index in [2.05, 4.69) is 36.2 Å². The number of benzene rings is 3. The topological polar surface area (TPSA) is 60.0 Å². The van der Waals surface area contributed by atoms with Crippen LogP contribution in [-0.4, -0.2) is 33.3 Å². The van der Waals surface area contributed by atoms with Crippen LogP contribution in [0, 0.1) is 0 Å². The standard InChI is InChI=1S/C27H30N2O4/c1-19(2)29(22-9-7-6-8-10-22)23-14-12-21(13-15-23)28-26(30)16-11-20-17-24(31-3)27(33-5)25(18-20)32-4/h6-19H,1-5H3,(H,28,30). The number of anilines is 3. The van der Waals surface area contributed by atoms with Crippen LogP contribution in [-0.2, 0) is 4.79 Å². The molecule has 6 nitrogen and oxygen atoms in total. The molecule has 0 aromatic heterocycles. The average Bonchev–Trinajstić information content (AvgIpc) is 2.83. The molecule has 0 spiro atoms. The minimum Gasteiger partial charge on any atom is -0.493 e. The molecule has 0 unspecified atom stereocenters. The Kier molecular flexibility index (Phi) is 7.97. The third-order valence-electron chi connectivity index (χ3n) is 5.08. The first-order chi connectivity index (χ1) is 16.0. The summed E-state index contributed by atoms with van der Waals surface area (Å²) < 4.78 is 16.0. The van der Waals surface area contributed by atoms with Crippen LogP contribution in [0.3, 0.4) is 0 Å². The maximum Gasteiger partial charge on any atom is 0.248 e. The molecule has 0 atom stereocenters. The van der Waals surface area contributed by atoms with Crippen molar-refractivity contribution in [2.24, 2.45) is 0 Å². The minimum absolute atomic E-state index is 0.236. The van der Waals surface area contributed by atoms with E-state index in [1.165, 1.54) is 6.08 Å². The maximum absolute atomic E-state index is 12.5. The third kappa shape index (κ3) is 5.86. The largest absolute Gasteiger partial charge is 0.493 e. The molecular weight excluding hydrogens is 416 g/mol. The van der Waals surface area contributed by atoms with Gasteiger partial charge in [-0.05, 0) is 74.0 Å². The van der Waals surface area contributed by atoms with Gasteiger partial charge in [-0.25, -0.2) is 0 Å². The van der Waals surface area contributed by atoms with Gasteiger partial charge in [-0.15, -0.1) is 0 Å². The highest BCUT2D eigenvalue weighted by Crippen LogP contribution is 2.38. The highest BCUT2D eigenvalue weighted by Gasteiger charge is 2.14. The monoisotopic (exact) mass is 446 g/mol. The van der Waals surface area contributed by atoms with Gasteiger partial charge in [0.15, 0.2) is 11.5 Å². The van der Waals surface area contributed by atoms with Crippen LogP contribution in [0.15, 0.2) is 72.8 Å². The van der Waals surface area contributed by atoms with Crippen molar-refractivity contribution in [3.8, 4) is 17.2 Å². The molecule has 0 saturated heterocycles. The van der Waals surface area contributed by atoms with E-state index in [9.17, 15) is 4.79 Å². The zero-order valence-electron chi connectivity index (χ0n) is 19.7. The van der Waals surface area contributed by atoms with Gasteiger partial charge in [-0.3, -0.25) is 4.79 Å². The van der Waals surface area contributed by atoms with Gasteiger partial charge in [0.2, 0.25) is 11.7 Å². The first-order valence-corrected chi connectivity index (χ1v) is 10.7. The van der Waals surface area contributed by atoms with Crippen molar-refractivity contribution in [3.05, 3.63) is 78.4 Å². The average molecular weight is 447 g/mol. The Bertz CT molecular complexity index is 1070. The number of amides is 1. The molecule has 0 saturated carbocycles. The van der Waals surface area contributed by atoms with Crippen molar-refractivity contribution in [1.82, 2.24) is 0 Å². The Balaban J connectivity index is 1.72. The van der Waals surface area contributed by atoms with Gasteiger partial charge >= 0.3 is 0 Å². The van der Waals surface area contributed by atoms with E-state index in [0.717, 1.165) is 22.6 Å². The number of carbonyl (C=O) groups excluding carboxylic acids is 1. The second kappa shape index (κ2) is 11.1. The van der Waals surface area contributed by atoms with Crippen molar-refractivity contribution in [2.75, 3.05) is 31.5 Å². The normalized spacial score (nSPS) is 10.8. The fourth-order valence-electron chi connectivity index (χ4n) is 3.59. The Morgan fingerprint density at radius 1 is 0.848 bits per heavy atom. The van der Waals surface area contributed by atoms with Crippen LogP contribution < -0.4 is 24.4 Å². The van der Waals surface area contributed by atoms with Gasteiger partial charge in [0.1, 0.15) is 0 Å². The number of para-hydroxylation sites is 1. The summed E-state index contributed by atoms with van der Waals surface area (Å²) in [5.74, 6) is 1.33. The summed E-state index contributed by atoms with van der Waals surface area (Å²) in [5, 5.41) is 2.90. The van der Waals surface area contributed by atoms with Crippen LogP contribution in [0.4, 0.5) is 17.1 Å². The van der Waals surface area contributed by atoms with Crippen LogP contribution in [0.5, 0.6) is 17.2 Å². The van der Waals surface area contributed by atoms with Gasteiger partial charge in [0, 0.05) is 29.2 Å². The van der Waals surface area contributed by atoms with E-state index in [0.29, 0.717) is 17.2 Å². The van der Waals surface area contributed by atoms with E-state index in [4.69, 9.17) is 14.2 Å². The smallest absolute Gasteiger partial charge is 0.248 e. The zero-order chi connectivity index (χ0) is 23.8. The molecule has 0 aliphatic carbocycles. The summed E-state index contributed by atoms with van der Waals surface area (Å²) in [6, 6.07) is 21.9. The Hall–Kier alpha value is -3.93. The van der Waals surface area contributed by atoms with Crippen molar-refractivity contribution in [3.63, 3.8) is 0 Å². The van der Waals surface area contributed by atoms with E-state index in [-0.39, 0.29) is 11.9 Å². The molecule has 0 bridgehead atoms. The Morgan fingerprint density at radius 3 is 1.94 bits per heavy atom. The highest BCUT2D eigenvalue weighted by atomic mass is 16.5. The van der Waals surface area contributed by atoms with Crippen molar-refractivity contribution >= 4 is 29.0 Å². The van der Waals surface area contributed by atoms with E-state index < -0.39 is 0 Å². The molecule has 0 aliphatic rings. The highest BCUT2D eigenvalue weighted by molar-refractivity contribution is 6.02. The van der Waals surface area contributed by atoms with Crippen molar-refractivity contribution in [2.45, 2.75) is 19.9 Å². The van der Waals surface area contributed by atoms with E-state index in [1.807, 2.05) is 42.5 Å². The molecule has 0 fully saturated rings. The van der Waals surface area contributed by atoms with Gasteiger partial charge in [0.05, 0.1) is 21.3 Å². The van der Waals surface area contributed by atoms with E-state index in [1.54, 1.807) is 39.5 Å². The molecule has 6 heteroatoms. The van der Waals surface area contributed by atoms with Gasteiger partial charge in [-0.1, -0.05) is 18.2 Å². The minimum atomic E-state index is -0.236. The molecule has 172 valence electrons. The molecule has 0 heterocycles. The van der Waals surface area contributed by atoms with Crippen LogP contribution in [0.1, 0.15) is 19.4 Å². The number of carbonyl (C=O) groups is 1. The third-order valence-corrected chi connectivity index (χ3v) is 5.08. The molecule has 3 rings (SSSR count). The maximum atomic E-state index is 12.5. The summed E-state index contributed by atoms with van der Waals surface area (Å²) >= 11 is 0. The van der Waals surface area contributed by atoms with Gasteiger partial charge in [-0.2, -0.15) is 0 Å². The predicted molar refractivity (Wildman–Crippen MR) is 134 cm³/mol. The zero-order valence-corrected chi connectivity index (χ0v) is 19.7. The first kappa shape index (κ1) is 23.7. The van der Waals surface area contributed by atoms with Crippen LogP contribution >= 0.6 is 0 Å². The fourth-order valence-corrected chi connectivity index (χ4v) is 3.59. The van der Waals surface area contributed by atoms with Crippen LogP contribution in [0.25, 0.3) is 6.08 Å². The number of ether oxygens (including phenoxy) is 3. The number of hydrogen-bond donors (Lipinski definition) is 1. The summed E-state index contributed by atoms with van der Waals surface area (Å²) in [5.41, 5.74) is 3.65. The van der Waals surface area contributed by atoms with Crippen molar-refractivity contribution < 1.29 is 19.0 Å². The molecule has 0 aliphatic heterocycles. The first-order valence-electron chi connectivity index (χ1n) is 10.7. The Morgan fingerprint density at radius 2 is 1.42 bits per heavy atom. The summed E-state index contributed by atoms with van der Waals surface area (Å²) in [4.78, 5) is 14.7. The summed E-state index contributed by atoms with van der Waals surface area (Å²) in [7, 11) is 4.66. The quantitative estimate of drug-likeness (QED) is 0.414. The number of rotatable bonds is 9. The SMILES string of the molecule is COc1cc(C=CC(=O)Nc2ccc(N(c3ccccc3)C(C)C)cc2)cc(OC)c1OC. The molecule has 0 radical (unpaired) electrons. The summed E-state index contributed by atoms with van der Waals surface area (Å²) in [6.07, 6.45) is 3.17. The number of nitrogens with one attached hydrogen (secondary N) is 1. The number of methoxy groups -OCH3 is 3. The lowest BCUT2D eigenvalue weighted by Crippen LogP contribution is -2.25. The number of hydrogen-bond acceptors (Lipinski definition) is 5. The lowest BCUT2D eigenvalue weighted by molar-refractivity contribution is -0.111. The molecular formula is C27H30N2O4. The van der Waals surface area contributed by atoms with Crippen molar-refractivity contribution in [1.29, 1.82) is 0 Å². The predicted octanol–water partition coefficient (Wildman–Crippen LogP) is 5.91. The molecule has 1 N–H and O–H groups in total. The fraction of sp³-hybridized carbons (Fsp3) is 0.222. The number of nitrogens with zero attached hydrogens (tertiary/aromatic N) is 1. The lowest BCUT2D eigenvalue weighted by Gasteiger charge is -2.29. The summed E-state index contributed by atoms with van der Waals surface area (Å²) in [6.45, 7) is 4.30. The van der Waals surface area contributed by atoms with E-state index >= 15 is 0 Å².